The number of pyridine rings is 1. The molecular weight excluding hydrogens is 328 g/mol. The molecule has 3 heterocycles. The number of ether oxygens (including phenoxy) is 2. The van der Waals surface area contributed by atoms with Gasteiger partial charge in [-0.2, -0.15) is 4.31 Å². The quantitative estimate of drug-likeness (QED) is 0.807. The molecule has 1 aromatic heterocycles. The lowest BCUT2D eigenvalue weighted by Gasteiger charge is -2.52. The summed E-state index contributed by atoms with van der Waals surface area (Å²) in [6, 6.07) is 5.90. The molecule has 0 saturated carbocycles. The molecule has 1 atom stereocenters. The number of aromatic nitrogens is 1. The van der Waals surface area contributed by atoms with Crippen molar-refractivity contribution in [2.24, 2.45) is 0 Å². The van der Waals surface area contributed by atoms with Crippen molar-refractivity contribution in [1.82, 2.24) is 9.29 Å². The molecule has 0 bridgehead atoms. The number of nitrogens with zero attached hydrogens (tertiary/aromatic N) is 2. The summed E-state index contributed by atoms with van der Waals surface area (Å²) in [5, 5.41) is -0.391. The summed E-state index contributed by atoms with van der Waals surface area (Å²) in [5.41, 5.74) is 1.53. The van der Waals surface area contributed by atoms with Gasteiger partial charge in [-0.05, 0) is 39.3 Å². The van der Waals surface area contributed by atoms with Crippen molar-refractivity contribution in [2.75, 3.05) is 19.7 Å². The minimum absolute atomic E-state index is 0.0879. The van der Waals surface area contributed by atoms with Gasteiger partial charge < -0.3 is 9.47 Å². The molecule has 7 heteroatoms. The molecule has 0 aromatic carbocycles. The topological polar surface area (TPSA) is 68.7 Å². The fourth-order valence-electron chi connectivity index (χ4n) is 3.30. The molecule has 0 amide bonds. The summed E-state index contributed by atoms with van der Waals surface area (Å²) in [6.07, 6.45) is 1.66. The van der Waals surface area contributed by atoms with Crippen molar-refractivity contribution in [3.8, 4) is 0 Å². The van der Waals surface area contributed by atoms with Gasteiger partial charge in [0, 0.05) is 31.8 Å². The fourth-order valence-corrected chi connectivity index (χ4v) is 4.73. The zero-order valence-corrected chi connectivity index (χ0v) is 15.4. The van der Waals surface area contributed by atoms with Gasteiger partial charge in [-0.15, -0.1) is 0 Å². The standard InChI is InChI=1S/C17H26N2O4S/c1-13(2)24(20,21)19-11-17(12-19)9-16(7-8-23-17)22-10-15-6-4-5-14(3)18-15/h4-6,13,16H,7-12H2,1-3H3/t16-/m1/s1. The molecule has 3 rings (SSSR count). The average Bonchev–Trinajstić information content (AvgIpc) is 2.50. The van der Waals surface area contributed by atoms with Crippen LogP contribution in [0.2, 0.25) is 0 Å². The number of aryl methyl sites for hydroxylation is 1. The van der Waals surface area contributed by atoms with Gasteiger partial charge >= 0.3 is 0 Å². The van der Waals surface area contributed by atoms with Crippen LogP contribution in [0.5, 0.6) is 0 Å². The Bertz CT molecular complexity index is 684. The van der Waals surface area contributed by atoms with E-state index in [0.717, 1.165) is 24.2 Å². The van der Waals surface area contributed by atoms with E-state index in [0.29, 0.717) is 26.3 Å². The molecule has 0 N–H and O–H groups in total. The largest absolute Gasteiger partial charge is 0.372 e. The van der Waals surface area contributed by atoms with E-state index in [-0.39, 0.29) is 11.7 Å². The van der Waals surface area contributed by atoms with Crippen LogP contribution in [0, 0.1) is 6.92 Å². The van der Waals surface area contributed by atoms with Crippen LogP contribution in [0.4, 0.5) is 0 Å². The van der Waals surface area contributed by atoms with Crippen LogP contribution >= 0.6 is 0 Å². The van der Waals surface area contributed by atoms with Gasteiger partial charge in [-0.25, -0.2) is 8.42 Å². The monoisotopic (exact) mass is 354 g/mol. The lowest BCUT2D eigenvalue weighted by atomic mass is 9.86. The van der Waals surface area contributed by atoms with Gasteiger partial charge in [0.2, 0.25) is 10.0 Å². The van der Waals surface area contributed by atoms with E-state index in [9.17, 15) is 8.42 Å². The van der Waals surface area contributed by atoms with Crippen LogP contribution in [0.15, 0.2) is 18.2 Å². The molecule has 0 unspecified atom stereocenters. The normalized spacial score (nSPS) is 24.2. The van der Waals surface area contributed by atoms with E-state index in [1.54, 1.807) is 13.8 Å². The zero-order chi connectivity index (χ0) is 17.4. The van der Waals surface area contributed by atoms with Gasteiger partial charge in [0.25, 0.3) is 0 Å². The molecule has 6 nitrogen and oxygen atoms in total. The highest BCUT2D eigenvalue weighted by molar-refractivity contribution is 7.89. The second kappa shape index (κ2) is 6.71. The molecule has 134 valence electrons. The maximum Gasteiger partial charge on any atom is 0.216 e. The van der Waals surface area contributed by atoms with Crippen molar-refractivity contribution in [3.63, 3.8) is 0 Å². The van der Waals surface area contributed by atoms with Crippen LogP contribution in [0.1, 0.15) is 38.1 Å². The van der Waals surface area contributed by atoms with Crippen molar-refractivity contribution < 1.29 is 17.9 Å². The Kier molecular flexibility index (Phi) is 4.97. The van der Waals surface area contributed by atoms with Gasteiger partial charge in [-0.3, -0.25) is 4.98 Å². The second-order valence-corrected chi connectivity index (χ2v) is 9.58. The Morgan fingerprint density at radius 3 is 2.83 bits per heavy atom. The molecule has 2 aliphatic rings. The first kappa shape index (κ1) is 17.8. The molecule has 0 radical (unpaired) electrons. The van der Waals surface area contributed by atoms with E-state index < -0.39 is 15.3 Å². The fraction of sp³-hybridized carbons (Fsp3) is 0.706. The molecule has 0 aliphatic carbocycles. The van der Waals surface area contributed by atoms with Gasteiger partial charge in [0.15, 0.2) is 0 Å². The maximum atomic E-state index is 12.2. The number of sulfonamides is 1. The zero-order valence-electron chi connectivity index (χ0n) is 14.6. The molecule has 1 aromatic rings. The smallest absolute Gasteiger partial charge is 0.216 e. The van der Waals surface area contributed by atoms with E-state index in [2.05, 4.69) is 4.98 Å². The molecule has 24 heavy (non-hydrogen) atoms. The minimum atomic E-state index is -3.19. The Morgan fingerprint density at radius 2 is 2.17 bits per heavy atom. The summed E-state index contributed by atoms with van der Waals surface area (Å²) in [6.45, 7) is 7.36. The Labute approximate surface area is 144 Å². The number of rotatable bonds is 5. The lowest BCUT2D eigenvalue weighted by molar-refractivity contribution is -0.180. The highest BCUT2D eigenvalue weighted by Crippen LogP contribution is 2.37. The van der Waals surface area contributed by atoms with Crippen molar-refractivity contribution >= 4 is 10.0 Å². The third-order valence-electron chi connectivity index (χ3n) is 4.75. The third kappa shape index (κ3) is 3.64. The number of hydrogen-bond acceptors (Lipinski definition) is 5. The summed E-state index contributed by atoms with van der Waals surface area (Å²) in [7, 11) is -3.19. The predicted molar refractivity (Wildman–Crippen MR) is 91.1 cm³/mol. The van der Waals surface area contributed by atoms with Crippen LogP contribution in [0.25, 0.3) is 0 Å². The summed E-state index contributed by atoms with van der Waals surface area (Å²) < 4.78 is 37.8. The van der Waals surface area contributed by atoms with Crippen molar-refractivity contribution in [2.45, 2.75) is 57.2 Å². The number of hydrogen-bond donors (Lipinski definition) is 0. The molecule has 1 spiro atoms. The lowest BCUT2D eigenvalue weighted by Crippen LogP contribution is -2.67. The summed E-state index contributed by atoms with van der Waals surface area (Å²) >= 11 is 0. The van der Waals surface area contributed by atoms with E-state index in [4.69, 9.17) is 9.47 Å². The van der Waals surface area contributed by atoms with Crippen LogP contribution in [0.3, 0.4) is 0 Å². The first-order valence-electron chi connectivity index (χ1n) is 8.48. The third-order valence-corrected chi connectivity index (χ3v) is 6.91. The van der Waals surface area contributed by atoms with E-state index in [1.165, 1.54) is 4.31 Å². The van der Waals surface area contributed by atoms with Crippen molar-refractivity contribution in [1.29, 1.82) is 0 Å². The van der Waals surface area contributed by atoms with Gasteiger partial charge in [-0.1, -0.05) is 6.07 Å². The predicted octanol–water partition coefficient (Wildman–Crippen LogP) is 1.88. The molecule has 2 saturated heterocycles. The Morgan fingerprint density at radius 1 is 1.42 bits per heavy atom. The van der Waals surface area contributed by atoms with E-state index in [1.807, 2.05) is 25.1 Å². The molecule has 2 fully saturated rings. The average molecular weight is 354 g/mol. The minimum Gasteiger partial charge on any atom is -0.372 e. The SMILES string of the molecule is Cc1cccc(CO[C@@H]2CCOC3(C2)CN(S(=O)(=O)C(C)C)C3)n1. The van der Waals surface area contributed by atoms with Crippen LogP contribution in [-0.2, 0) is 26.1 Å². The summed E-state index contributed by atoms with van der Waals surface area (Å²) in [5.74, 6) is 0. The van der Waals surface area contributed by atoms with Crippen LogP contribution < -0.4 is 0 Å². The Hall–Kier alpha value is -1.02. The van der Waals surface area contributed by atoms with E-state index >= 15 is 0 Å². The second-order valence-electron chi connectivity index (χ2n) is 7.09. The summed E-state index contributed by atoms with van der Waals surface area (Å²) in [4.78, 5) is 4.45. The van der Waals surface area contributed by atoms with Gasteiger partial charge in [0.1, 0.15) is 0 Å². The highest BCUT2D eigenvalue weighted by atomic mass is 32.2. The Balaban J connectivity index is 1.54. The first-order chi connectivity index (χ1) is 11.3. The maximum absolute atomic E-state index is 12.2. The van der Waals surface area contributed by atoms with Crippen molar-refractivity contribution in [3.05, 3.63) is 29.6 Å². The highest BCUT2D eigenvalue weighted by Gasteiger charge is 2.52. The molecular formula is C17H26N2O4S. The van der Waals surface area contributed by atoms with Gasteiger partial charge in [0.05, 0.1) is 29.3 Å². The molecule has 2 aliphatic heterocycles. The van der Waals surface area contributed by atoms with Crippen LogP contribution in [-0.4, -0.2) is 54.4 Å². The first-order valence-corrected chi connectivity index (χ1v) is 9.98.